The highest BCUT2D eigenvalue weighted by Gasteiger charge is 2.29. The van der Waals surface area contributed by atoms with Gasteiger partial charge in [0.2, 0.25) is 0 Å². The zero-order chi connectivity index (χ0) is 15.0. The standard InChI is InChI=1S/C15H26N4O.ClH/c1-14(2,3)9-15(4,5)17-13(20)12-10-8-16-7-6-11(10)18-19-12;/h16H,6-9H2,1-5H3,(H,17,20)(H,18,19);1H. The highest BCUT2D eigenvalue weighted by Crippen LogP contribution is 2.27. The van der Waals surface area contributed by atoms with E-state index in [1.165, 1.54) is 0 Å². The summed E-state index contributed by atoms with van der Waals surface area (Å²) in [4.78, 5) is 12.5. The van der Waals surface area contributed by atoms with E-state index in [4.69, 9.17) is 0 Å². The third-order valence-corrected chi connectivity index (χ3v) is 3.45. The van der Waals surface area contributed by atoms with Crippen LogP contribution in [0, 0.1) is 5.41 Å². The first kappa shape index (κ1) is 18.0. The van der Waals surface area contributed by atoms with E-state index < -0.39 is 0 Å². The van der Waals surface area contributed by atoms with E-state index in [0.29, 0.717) is 12.2 Å². The maximum Gasteiger partial charge on any atom is 0.272 e. The van der Waals surface area contributed by atoms with Gasteiger partial charge in [-0.3, -0.25) is 9.89 Å². The Morgan fingerprint density at radius 1 is 1.29 bits per heavy atom. The Morgan fingerprint density at radius 2 is 1.95 bits per heavy atom. The SMILES string of the molecule is CC(C)(C)CC(C)(C)NC(=O)c1n[nH]c2c1CNCC2.Cl. The summed E-state index contributed by atoms with van der Waals surface area (Å²) in [7, 11) is 0. The number of carbonyl (C=O) groups is 1. The minimum absolute atomic E-state index is 0. The maximum absolute atomic E-state index is 12.5. The Kier molecular flexibility index (Phi) is 5.45. The molecule has 0 bridgehead atoms. The van der Waals surface area contributed by atoms with Gasteiger partial charge in [-0.25, -0.2) is 0 Å². The van der Waals surface area contributed by atoms with Crippen molar-refractivity contribution in [1.29, 1.82) is 0 Å². The van der Waals surface area contributed by atoms with E-state index in [0.717, 1.165) is 30.6 Å². The number of nitrogens with one attached hydrogen (secondary N) is 3. The van der Waals surface area contributed by atoms with Gasteiger partial charge in [-0.15, -0.1) is 12.4 Å². The summed E-state index contributed by atoms with van der Waals surface area (Å²) in [5, 5.41) is 13.6. The lowest BCUT2D eigenvalue weighted by Gasteiger charge is -2.33. The zero-order valence-corrected chi connectivity index (χ0v) is 14.4. The molecule has 5 nitrogen and oxygen atoms in total. The van der Waals surface area contributed by atoms with Crippen LogP contribution in [0.3, 0.4) is 0 Å². The summed E-state index contributed by atoms with van der Waals surface area (Å²) in [6.45, 7) is 12.3. The average Bonchev–Trinajstić information content (AvgIpc) is 2.68. The van der Waals surface area contributed by atoms with Crippen LogP contribution in [0.15, 0.2) is 0 Å². The fourth-order valence-electron chi connectivity index (χ4n) is 3.15. The number of hydrogen-bond donors (Lipinski definition) is 3. The molecule has 0 atom stereocenters. The Bertz CT molecular complexity index is 502. The molecule has 6 heteroatoms. The van der Waals surface area contributed by atoms with Gasteiger partial charge in [-0.1, -0.05) is 20.8 Å². The van der Waals surface area contributed by atoms with E-state index in [1.54, 1.807) is 0 Å². The number of hydrogen-bond acceptors (Lipinski definition) is 3. The van der Waals surface area contributed by atoms with Gasteiger partial charge in [0.1, 0.15) is 0 Å². The summed E-state index contributed by atoms with van der Waals surface area (Å²) in [6, 6.07) is 0. The molecule has 2 heterocycles. The zero-order valence-electron chi connectivity index (χ0n) is 13.6. The Hall–Kier alpha value is -1.07. The lowest BCUT2D eigenvalue weighted by Crippen LogP contribution is -2.46. The van der Waals surface area contributed by atoms with Crippen LogP contribution < -0.4 is 10.6 Å². The fraction of sp³-hybridized carbons (Fsp3) is 0.733. The summed E-state index contributed by atoms with van der Waals surface area (Å²) < 4.78 is 0. The maximum atomic E-state index is 12.5. The summed E-state index contributed by atoms with van der Waals surface area (Å²) in [5.74, 6) is -0.0829. The third-order valence-electron chi connectivity index (χ3n) is 3.45. The van der Waals surface area contributed by atoms with Crippen LogP contribution in [0.5, 0.6) is 0 Å². The van der Waals surface area contributed by atoms with Crippen LogP contribution in [-0.4, -0.2) is 28.2 Å². The monoisotopic (exact) mass is 314 g/mol. The number of rotatable bonds is 3. The van der Waals surface area contributed by atoms with Crippen molar-refractivity contribution in [2.75, 3.05) is 6.54 Å². The molecule has 0 aliphatic carbocycles. The van der Waals surface area contributed by atoms with Crippen LogP contribution >= 0.6 is 12.4 Å². The van der Waals surface area contributed by atoms with Crippen molar-refractivity contribution in [3.05, 3.63) is 17.0 Å². The molecule has 3 N–H and O–H groups in total. The highest BCUT2D eigenvalue weighted by molar-refractivity contribution is 5.94. The van der Waals surface area contributed by atoms with E-state index in [9.17, 15) is 4.79 Å². The predicted molar refractivity (Wildman–Crippen MR) is 86.9 cm³/mol. The molecule has 0 saturated carbocycles. The quantitative estimate of drug-likeness (QED) is 0.802. The molecular formula is C15H27ClN4O. The number of amides is 1. The molecule has 1 aliphatic heterocycles. The van der Waals surface area contributed by atoms with Gasteiger partial charge in [0.05, 0.1) is 0 Å². The molecule has 0 saturated heterocycles. The van der Waals surface area contributed by atoms with E-state index in [1.807, 2.05) is 0 Å². The second-order valence-electron chi connectivity index (χ2n) is 7.53. The molecule has 1 amide bonds. The fourth-order valence-corrected chi connectivity index (χ4v) is 3.15. The molecule has 21 heavy (non-hydrogen) atoms. The molecule has 120 valence electrons. The first-order valence-corrected chi connectivity index (χ1v) is 7.27. The third kappa shape index (κ3) is 4.71. The molecule has 1 aromatic heterocycles. The number of fused-ring (bicyclic) bond motifs is 1. The van der Waals surface area contributed by atoms with Gasteiger partial charge in [0.15, 0.2) is 5.69 Å². The van der Waals surface area contributed by atoms with Gasteiger partial charge in [-0.05, 0) is 25.7 Å². The molecule has 0 radical (unpaired) electrons. The number of aromatic nitrogens is 2. The van der Waals surface area contributed by atoms with Gasteiger partial charge in [0, 0.05) is 36.3 Å². The van der Waals surface area contributed by atoms with Crippen LogP contribution in [0.2, 0.25) is 0 Å². The van der Waals surface area contributed by atoms with Gasteiger partial charge in [-0.2, -0.15) is 5.10 Å². The number of carbonyl (C=O) groups excluding carboxylic acids is 1. The van der Waals surface area contributed by atoms with E-state index in [2.05, 4.69) is 55.4 Å². The van der Waals surface area contributed by atoms with Crippen molar-refractivity contribution in [2.24, 2.45) is 5.41 Å². The van der Waals surface area contributed by atoms with E-state index >= 15 is 0 Å². The first-order valence-electron chi connectivity index (χ1n) is 7.27. The molecule has 1 aliphatic rings. The molecule has 0 unspecified atom stereocenters. The second kappa shape index (κ2) is 6.36. The Morgan fingerprint density at radius 3 is 2.57 bits per heavy atom. The molecule has 2 rings (SSSR count). The highest BCUT2D eigenvalue weighted by atomic mass is 35.5. The van der Waals surface area contributed by atoms with Crippen molar-refractivity contribution in [2.45, 2.75) is 59.5 Å². The molecule has 0 fully saturated rings. The van der Waals surface area contributed by atoms with Crippen LogP contribution in [0.25, 0.3) is 0 Å². The molecule has 0 aromatic carbocycles. The van der Waals surface area contributed by atoms with Crippen molar-refractivity contribution in [3.8, 4) is 0 Å². The topological polar surface area (TPSA) is 69.8 Å². The van der Waals surface area contributed by atoms with Gasteiger partial charge < -0.3 is 10.6 Å². The van der Waals surface area contributed by atoms with E-state index in [-0.39, 0.29) is 29.3 Å². The van der Waals surface area contributed by atoms with Gasteiger partial charge >= 0.3 is 0 Å². The Labute approximate surface area is 133 Å². The van der Waals surface area contributed by atoms with Crippen molar-refractivity contribution in [1.82, 2.24) is 20.8 Å². The van der Waals surface area contributed by atoms with Gasteiger partial charge in [0.25, 0.3) is 5.91 Å². The van der Waals surface area contributed by atoms with Crippen LogP contribution in [0.4, 0.5) is 0 Å². The summed E-state index contributed by atoms with van der Waals surface area (Å²) in [5.41, 5.74) is 2.56. The normalized spacial score (nSPS) is 15.1. The average molecular weight is 315 g/mol. The summed E-state index contributed by atoms with van der Waals surface area (Å²) >= 11 is 0. The van der Waals surface area contributed by atoms with Crippen LogP contribution in [-0.2, 0) is 13.0 Å². The predicted octanol–water partition coefficient (Wildman–Crippen LogP) is 2.42. The Balaban J connectivity index is 0.00000220. The van der Waals surface area contributed by atoms with Crippen molar-refractivity contribution >= 4 is 18.3 Å². The first-order chi connectivity index (χ1) is 9.18. The minimum atomic E-state index is -0.247. The minimum Gasteiger partial charge on any atom is -0.346 e. The lowest BCUT2D eigenvalue weighted by molar-refractivity contribution is 0.0885. The molecule has 1 aromatic rings. The smallest absolute Gasteiger partial charge is 0.272 e. The molecular weight excluding hydrogens is 288 g/mol. The lowest BCUT2D eigenvalue weighted by atomic mass is 9.81. The largest absolute Gasteiger partial charge is 0.346 e. The van der Waals surface area contributed by atoms with Crippen molar-refractivity contribution < 1.29 is 4.79 Å². The van der Waals surface area contributed by atoms with Crippen molar-refractivity contribution in [3.63, 3.8) is 0 Å². The number of H-pyrrole nitrogens is 1. The number of aromatic amines is 1. The number of nitrogens with zero attached hydrogens (tertiary/aromatic N) is 1. The summed E-state index contributed by atoms with van der Waals surface area (Å²) in [6.07, 6.45) is 1.82. The second-order valence-corrected chi connectivity index (χ2v) is 7.53. The molecule has 0 spiro atoms. The number of halogens is 1. The van der Waals surface area contributed by atoms with Crippen LogP contribution in [0.1, 0.15) is 62.8 Å².